The monoisotopic (exact) mass is 355 g/mol. The molecule has 1 aliphatic heterocycles. The number of benzene rings is 2. The van der Waals surface area contributed by atoms with Crippen molar-refractivity contribution in [2.75, 3.05) is 13.7 Å². The highest BCUT2D eigenvalue weighted by Gasteiger charge is 2.17. The standard InChI is InChI=1S/C20H21NO3S/c1-13-3-5-17(6-4-13)25-12-16-10-14(11-18(24-2)19(16)22)9-15-7-8-21-20(15)23/h3-6,9-11,22H,7-8,12H2,1-2H3,(H,21,23)/b15-9+. The van der Waals surface area contributed by atoms with Gasteiger partial charge in [-0.25, -0.2) is 0 Å². The lowest BCUT2D eigenvalue weighted by atomic mass is 10.1. The van der Waals surface area contributed by atoms with E-state index in [1.54, 1.807) is 17.8 Å². The second kappa shape index (κ2) is 7.66. The van der Waals surface area contributed by atoms with Gasteiger partial charge in [-0.1, -0.05) is 17.7 Å². The summed E-state index contributed by atoms with van der Waals surface area (Å²) in [6.45, 7) is 2.73. The summed E-state index contributed by atoms with van der Waals surface area (Å²) in [6.07, 6.45) is 2.58. The Labute approximate surface area is 151 Å². The first-order valence-electron chi connectivity index (χ1n) is 8.15. The Morgan fingerprint density at radius 2 is 2.04 bits per heavy atom. The molecule has 0 aromatic heterocycles. The van der Waals surface area contributed by atoms with Gasteiger partial charge in [-0.3, -0.25) is 4.79 Å². The molecule has 0 atom stereocenters. The van der Waals surface area contributed by atoms with Crippen molar-refractivity contribution in [1.29, 1.82) is 0 Å². The number of phenols is 1. The average molecular weight is 355 g/mol. The number of hydrogen-bond acceptors (Lipinski definition) is 4. The van der Waals surface area contributed by atoms with Gasteiger partial charge < -0.3 is 15.2 Å². The van der Waals surface area contributed by atoms with E-state index >= 15 is 0 Å². The third kappa shape index (κ3) is 4.17. The second-order valence-electron chi connectivity index (χ2n) is 6.01. The number of carbonyl (C=O) groups excluding carboxylic acids is 1. The molecule has 25 heavy (non-hydrogen) atoms. The summed E-state index contributed by atoms with van der Waals surface area (Å²) < 4.78 is 5.30. The molecule has 1 heterocycles. The number of carbonyl (C=O) groups is 1. The highest BCUT2D eigenvalue weighted by atomic mass is 32.2. The van der Waals surface area contributed by atoms with E-state index in [4.69, 9.17) is 4.74 Å². The fourth-order valence-electron chi connectivity index (χ4n) is 2.71. The van der Waals surface area contributed by atoms with Gasteiger partial charge in [-0.15, -0.1) is 11.8 Å². The van der Waals surface area contributed by atoms with Crippen molar-refractivity contribution in [2.45, 2.75) is 24.0 Å². The van der Waals surface area contributed by atoms with Gasteiger partial charge in [0, 0.05) is 28.3 Å². The summed E-state index contributed by atoms with van der Waals surface area (Å²) in [5, 5.41) is 13.2. The number of hydrogen-bond donors (Lipinski definition) is 2. The van der Waals surface area contributed by atoms with Crippen molar-refractivity contribution in [1.82, 2.24) is 5.32 Å². The van der Waals surface area contributed by atoms with E-state index in [9.17, 15) is 9.90 Å². The van der Waals surface area contributed by atoms with Gasteiger partial charge in [0.1, 0.15) is 0 Å². The lowest BCUT2D eigenvalue weighted by Crippen LogP contribution is -2.13. The Bertz CT molecular complexity index is 812. The van der Waals surface area contributed by atoms with E-state index in [1.165, 1.54) is 12.7 Å². The van der Waals surface area contributed by atoms with Crippen molar-refractivity contribution >= 4 is 23.7 Å². The topological polar surface area (TPSA) is 58.6 Å². The van der Waals surface area contributed by atoms with E-state index in [-0.39, 0.29) is 11.7 Å². The van der Waals surface area contributed by atoms with Crippen LogP contribution in [0.5, 0.6) is 11.5 Å². The number of nitrogens with one attached hydrogen (secondary N) is 1. The molecule has 2 N–H and O–H groups in total. The number of thioether (sulfide) groups is 1. The minimum atomic E-state index is -0.0253. The van der Waals surface area contributed by atoms with Crippen LogP contribution in [0.2, 0.25) is 0 Å². The van der Waals surface area contributed by atoms with Gasteiger partial charge in [0.15, 0.2) is 11.5 Å². The maximum absolute atomic E-state index is 11.8. The summed E-state index contributed by atoms with van der Waals surface area (Å²) in [6, 6.07) is 12.0. The molecule has 0 radical (unpaired) electrons. The largest absolute Gasteiger partial charge is 0.504 e. The molecule has 130 valence electrons. The summed E-state index contributed by atoms with van der Waals surface area (Å²) >= 11 is 1.65. The summed E-state index contributed by atoms with van der Waals surface area (Å²) in [4.78, 5) is 12.9. The number of rotatable bonds is 5. The fourth-order valence-corrected chi connectivity index (χ4v) is 3.58. The van der Waals surface area contributed by atoms with Crippen LogP contribution in [-0.2, 0) is 10.5 Å². The molecule has 2 aromatic rings. The zero-order valence-electron chi connectivity index (χ0n) is 14.3. The SMILES string of the molecule is COc1cc(/C=C2\CCNC2=O)cc(CSc2ccc(C)cc2)c1O. The highest BCUT2D eigenvalue weighted by molar-refractivity contribution is 7.98. The van der Waals surface area contributed by atoms with Gasteiger partial charge in [-0.05, 0) is 49.2 Å². The molecule has 4 nitrogen and oxygen atoms in total. The Hall–Kier alpha value is -2.40. The molecule has 3 rings (SSSR count). The molecule has 1 saturated heterocycles. The van der Waals surface area contributed by atoms with E-state index in [0.29, 0.717) is 18.0 Å². The molecule has 0 saturated carbocycles. The number of phenolic OH excluding ortho intramolecular Hbond substituents is 1. The minimum absolute atomic E-state index is 0.0253. The maximum atomic E-state index is 11.8. The zero-order chi connectivity index (χ0) is 17.8. The van der Waals surface area contributed by atoms with Crippen LogP contribution in [0.25, 0.3) is 6.08 Å². The van der Waals surface area contributed by atoms with Crippen LogP contribution in [-0.4, -0.2) is 24.7 Å². The van der Waals surface area contributed by atoms with Crippen molar-refractivity contribution in [2.24, 2.45) is 0 Å². The first-order valence-corrected chi connectivity index (χ1v) is 9.13. The lowest BCUT2D eigenvalue weighted by molar-refractivity contribution is -0.116. The third-order valence-electron chi connectivity index (χ3n) is 4.12. The first-order chi connectivity index (χ1) is 12.1. The van der Waals surface area contributed by atoms with Crippen LogP contribution < -0.4 is 10.1 Å². The quantitative estimate of drug-likeness (QED) is 0.631. The second-order valence-corrected chi connectivity index (χ2v) is 7.06. The molecule has 0 unspecified atom stereocenters. The molecule has 1 aliphatic rings. The Morgan fingerprint density at radius 3 is 2.68 bits per heavy atom. The smallest absolute Gasteiger partial charge is 0.247 e. The van der Waals surface area contributed by atoms with Crippen molar-refractivity contribution in [3.63, 3.8) is 0 Å². The molecular weight excluding hydrogens is 334 g/mol. The molecule has 0 aliphatic carbocycles. The molecule has 1 fully saturated rings. The predicted octanol–water partition coefficient (Wildman–Crippen LogP) is 3.90. The Kier molecular flexibility index (Phi) is 5.34. The first kappa shape index (κ1) is 17.4. The van der Waals surface area contributed by atoms with Gasteiger partial charge in [-0.2, -0.15) is 0 Å². The summed E-state index contributed by atoms with van der Waals surface area (Å²) in [7, 11) is 1.53. The number of amides is 1. The molecular formula is C20H21NO3S. The number of ether oxygens (including phenoxy) is 1. The van der Waals surface area contributed by atoms with Crippen LogP contribution >= 0.6 is 11.8 Å². The molecule has 2 aromatic carbocycles. The van der Waals surface area contributed by atoms with Crippen LogP contribution in [0, 0.1) is 6.92 Å². The molecule has 0 spiro atoms. The van der Waals surface area contributed by atoms with E-state index in [1.807, 2.05) is 12.1 Å². The number of aryl methyl sites for hydroxylation is 1. The Balaban J connectivity index is 1.85. The van der Waals surface area contributed by atoms with Gasteiger partial charge in [0.2, 0.25) is 5.91 Å². The maximum Gasteiger partial charge on any atom is 0.247 e. The van der Waals surface area contributed by atoms with Crippen molar-refractivity contribution in [3.8, 4) is 11.5 Å². The average Bonchev–Trinajstić information content (AvgIpc) is 3.01. The number of methoxy groups -OCH3 is 1. The Morgan fingerprint density at radius 1 is 1.28 bits per heavy atom. The van der Waals surface area contributed by atoms with Crippen LogP contribution in [0.4, 0.5) is 0 Å². The minimum Gasteiger partial charge on any atom is -0.504 e. The highest BCUT2D eigenvalue weighted by Crippen LogP contribution is 2.36. The molecule has 5 heteroatoms. The third-order valence-corrected chi connectivity index (χ3v) is 5.18. The molecule has 1 amide bonds. The van der Waals surface area contributed by atoms with E-state index in [2.05, 4.69) is 36.5 Å². The summed E-state index contributed by atoms with van der Waals surface area (Å²) in [5.41, 5.74) is 3.62. The van der Waals surface area contributed by atoms with Gasteiger partial charge in [0.05, 0.1) is 7.11 Å². The van der Waals surface area contributed by atoms with Crippen LogP contribution in [0.15, 0.2) is 46.9 Å². The van der Waals surface area contributed by atoms with Crippen molar-refractivity contribution in [3.05, 3.63) is 58.7 Å². The van der Waals surface area contributed by atoms with E-state index in [0.717, 1.165) is 28.0 Å². The normalized spacial score (nSPS) is 15.4. The zero-order valence-corrected chi connectivity index (χ0v) is 15.2. The van der Waals surface area contributed by atoms with Crippen molar-refractivity contribution < 1.29 is 14.6 Å². The van der Waals surface area contributed by atoms with E-state index < -0.39 is 0 Å². The molecule has 0 bridgehead atoms. The van der Waals surface area contributed by atoms with Gasteiger partial charge >= 0.3 is 0 Å². The van der Waals surface area contributed by atoms with Gasteiger partial charge in [0.25, 0.3) is 0 Å². The predicted molar refractivity (Wildman–Crippen MR) is 101 cm³/mol. The van der Waals surface area contributed by atoms with Crippen LogP contribution in [0.1, 0.15) is 23.1 Å². The summed E-state index contributed by atoms with van der Waals surface area (Å²) in [5.74, 6) is 1.17. The van der Waals surface area contributed by atoms with Crippen LogP contribution in [0.3, 0.4) is 0 Å². The lowest BCUT2D eigenvalue weighted by Gasteiger charge is -2.11. The number of aromatic hydroxyl groups is 1. The fraction of sp³-hybridized carbons (Fsp3) is 0.250.